The maximum Gasteiger partial charge on any atom is 0.224 e. The number of benzene rings is 2. The minimum atomic E-state index is -0.720. The van der Waals surface area contributed by atoms with Crippen LogP contribution in [0.3, 0.4) is 0 Å². The summed E-state index contributed by atoms with van der Waals surface area (Å²) >= 11 is 0. The molecule has 1 amide bonds. The molecule has 5 nitrogen and oxygen atoms in total. The lowest BCUT2D eigenvalue weighted by Gasteiger charge is -2.30. The van der Waals surface area contributed by atoms with Crippen LogP contribution in [0.4, 0.5) is 0 Å². The first-order valence-electron chi connectivity index (χ1n) is 9.42. The summed E-state index contributed by atoms with van der Waals surface area (Å²) in [5.41, 5.74) is 4.87. The topological polar surface area (TPSA) is 61.8 Å². The Bertz CT molecular complexity index is 678. The van der Waals surface area contributed by atoms with Crippen molar-refractivity contribution in [2.45, 2.75) is 51.5 Å². The number of nitrogens with zero attached hydrogens (tertiary/aromatic N) is 1. The van der Waals surface area contributed by atoms with Gasteiger partial charge in [-0.15, -0.1) is 0 Å². The summed E-state index contributed by atoms with van der Waals surface area (Å²) in [5.74, 6) is -0.0276. The van der Waals surface area contributed by atoms with Crippen LogP contribution < -0.4 is 5.48 Å². The normalized spacial score (nSPS) is 14.4. The maximum atomic E-state index is 12.6. The molecule has 27 heavy (non-hydrogen) atoms. The number of carbonyl (C=O) groups excluding carboxylic acids is 1. The molecule has 2 aromatic rings. The molecule has 0 saturated carbocycles. The van der Waals surface area contributed by atoms with E-state index in [9.17, 15) is 9.90 Å². The van der Waals surface area contributed by atoms with Gasteiger partial charge in [-0.1, -0.05) is 67.6 Å². The molecule has 0 fully saturated rings. The predicted octanol–water partition coefficient (Wildman–Crippen LogP) is 3.46. The second kappa shape index (κ2) is 10.8. The minimum absolute atomic E-state index is 0.0276. The third-order valence-electron chi connectivity index (χ3n) is 4.85. The lowest BCUT2D eigenvalue weighted by molar-refractivity contribution is -0.135. The van der Waals surface area contributed by atoms with Gasteiger partial charge in [0.15, 0.2) is 0 Å². The molecule has 5 heteroatoms. The van der Waals surface area contributed by atoms with E-state index in [-0.39, 0.29) is 18.0 Å². The number of amides is 1. The molecule has 0 aromatic heterocycles. The van der Waals surface area contributed by atoms with Gasteiger partial charge in [0.05, 0.1) is 18.8 Å². The first-order chi connectivity index (χ1) is 13.0. The zero-order chi connectivity index (χ0) is 19.6. The fraction of sp³-hybridized carbons (Fsp3) is 0.409. The largest absolute Gasteiger partial charge is 0.386 e. The van der Waals surface area contributed by atoms with E-state index in [0.717, 1.165) is 17.5 Å². The monoisotopic (exact) mass is 370 g/mol. The molecule has 0 aliphatic rings. The number of carbonyl (C=O) groups is 1. The Morgan fingerprint density at radius 3 is 2.30 bits per heavy atom. The SMILES string of the molecule is CC[C@H](CC(=O)N(C)[C@@H](C)[C@@H](O)c1ccccc1)NOCc1ccccc1. The van der Waals surface area contributed by atoms with E-state index in [1.54, 1.807) is 11.9 Å². The van der Waals surface area contributed by atoms with E-state index in [2.05, 4.69) is 5.48 Å². The molecule has 3 atom stereocenters. The van der Waals surface area contributed by atoms with Crippen molar-refractivity contribution in [2.24, 2.45) is 0 Å². The van der Waals surface area contributed by atoms with E-state index in [4.69, 9.17) is 4.84 Å². The van der Waals surface area contributed by atoms with Crippen molar-refractivity contribution in [3.63, 3.8) is 0 Å². The molecule has 0 unspecified atom stereocenters. The molecule has 0 bridgehead atoms. The summed E-state index contributed by atoms with van der Waals surface area (Å²) in [6.07, 6.45) is 0.361. The number of aliphatic hydroxyl groups is 1. The highest BCUT2D eigenvalue weighted by Gasteiger charge is 2.25. The maximum absolute atomic E-state index is 12.6. The van der Waals surface area contributed by atoms with Gasteiger partial charge in [-0.25, -0.2) is 0 Å². The first-order valence-corrected chi connectivity index (χ1v) is 9.42. The highest BCUT2D eigenvalue weighted by atomic mass is 16.6. The summed E-state index contributed by atoms with van der Waals surface area (Å²) in [7, 11) is 1.73. The number of rotatable bonds is 10. The van der Waals surface area contributed by atoms with E-state index >= 15 is 0 Å². The number of hydrogen-bond donors (Lipinski definition) is 2. The second-order valence-electron chi connectivity index (χ2n) is 6.80. The fourth-order valence-electron chi connectivity index (χ4n) is 2.81. The summed E-state index contributed by atoms with van der Waals surface area (Å²) in [5, 5.41) is 10.5. The molecular formula is C22H30N2O3. The van der Waals surface area contributed by atoms with Crippen LogP contribution in [0.25, 0.3) is 0 Å². The standard InChI is InChI=1S/C22H30N2O3/c1-4-20(23-27-16-18-11-7-5-8-12-18)15-21(25)24(3)17(2)22(26)19-13-9-6-10-14-19/h5-14,17,20,22-23,26H,4,15-16H2,1-3H3/t17-,20+,22+/m0/s1. The van der Waals surface area contributed by atoms with Gasteiger partial charge in [0, 0.05) is 19.5 Å². The van der Waals surface area contributed by atoms with Gasteiger partial charge in [-0.2, -0.15) is 5.48 Å². The molecule has 0 aliphatic heterocycles. The molecule has 2 N–H and O–H groups in total. The van der Waals surface area contributed by atoms with Crippen LogP contribution in [0.15, 0.2) is 60.7 Å². The Kier molecular flexibility index (Phi) is 8.45. The van der Waals surface area contributed by atoms with Crippen molar-refractivity contribution in [1.82, 2.24) is 10.4 Å². The third kappa shape index (κ3) is 6.47. The molecular weight excluding hydrogens is 340 g/mol. The Labute approximate surface area is 161 Å². The average molecular weight is 370 g/mol. The van der Waals surface area contributed by atoms with E-state index in [1.165, 1.54) is 0 Å². The number of hydrogen-bond acceptors (Lipinski definition) is 4. The van der Waals surface area contributed by atoms with Gasteiger partial charge in [0.2, 0.25) is 5.91 Å². The number of aliphatic hydroxyl groups excluding tert-OH is 1. The van der Waals surface area contributed by atoms with Crippen LogP contribution in [-0.2, 0) is 16.2 Å². The second-order valence-corrected chi connectivity index (χ2v) is 6.80. The molecule has 0 saturated heterocycles. The van der Waals surface area contributed by atoms with Gasteiger partial charge >= 0.3 is 0 Å². The quantitative estimate of drug-likeness (QED) is 0.629. The molecule has 2 aromatic carbocycles. The highest BCUT2D eigenvalue weighted by Crippen LogP contribution is 2.20. The van der Waals surface area contributed by atoms with E-state index in [1.807, 2.05) is 74.5 Å². The van der Waals surface area contributed by atoms with Crippen molar-refractivity contribution in [3.8, 4) is 0 Å². The summed E-state index contributed by atoms with van der Waals surface area (Å²) < 4.78 is 0. The Morgan fingerprint density at radius 1 is 1.11 bits per heavy atom. The van der Waals surface area contributed by atoms with Crippen LogP contribution in [0.2, 0.25) is 0 Å². The van der Waals surface area contributed by atoms with Crippen LogP contribution >= 0.6 is 0 Å². The third-order valence-corrected chi connectivity index (χ3v) is 4.85. The number of nitrogens with one attached hydrogen (secondary N) is 1. The van der Waals surface area contributed by atoms with Gasteiger partial charge in [0.1, 0.15) is 0 Å². The fourth-order valence-corrected chi connectivity index (χ4v) is 2.81. The lowest BCUT2D eigenvalue weighted by Crippen LogP contribution is -2.42. The van der Waals surface area contributed by atoms with Crippen LogP contribution in [-0.4, -0.2) is 35.0 Å². The highest BCUT2D eigenvalue weighted by molar-refractivity contribution is 5.76. The smallest absolute Gasteiger partial charge is 0.224 e. The molecule has 2 rings (SSSR count). The summed E-state index contributed by atoms with van der Waals surface area (Å²) in [6.45, 7) is 4.32. The first kappa shape index (κ1) is 21.1. The van der Waals surface area contributed by atoms with Gasteiger partial charge < -0.3 is 10.0 Å². The Morgan fingerprint density at radius 2 is 1.70 bits per heavy atom. The van der Waals surface area contributed by atoms with Gasteiger partial charge in [0.25, 0.3) is 0 Å². The molecule has 0 radical (unpaired) electrons. The number of likely N-dealkylation sites (N-methyl/N-ethyl adjacent to an activating group) is 1. The van der Waals surface area contributed by atoms with Gasteiger partial charge in [-0.05, 0) is 24.5 Å². The molecule has 146 valence electrons. The zero-order valence-corrected chi connectivity index (χ0v) is 16.3. The Balaban J connectivity index is 1.83. The minimum Gasteiger partial charge on any atom is -0.386 e. The van der Waals surface area contributed by atoms with Crippen LogP contribution in [0.1, 0.15) is 43.9 Å². The van der Waals surface area contributed by atoms with Gasteiger partial charge in [-0.3, -0.25) is 9.63 Å². The average Bonchev–Trinajstić information content (AvgIpc) is 2.72. The van der Waals surface area contributed by atoms with Crippen molar-refractivity contribution in [1.29, 1.82) is 0 Å². The van der Waals surface area contributed by atoms with Crippen LogP contribution in [0, 0.1) is 0 Å². The van der Waals surface area contributed by atoms with Crippen LogP contribution in [0.5, 0.6) is 0 Å². The molecule has 0 heterocycles. The predicted molar refractivity (Wildman–Crippen MR) is 107 cm³/mol. The summed E-state index contributed by atoms with van der Waals surface area (Å²) in [4.78, 5) is 19.8. The Hall–Kier alpha value is -2.21. The number of hydroxylamine groups is 1. The zero-order valence-electron chi connectivity index (χ0n) is 16.3. The van der Waals surface area contributed by atoms with Crippen molar-refractivity contribution >= 4 is 5.91 Å². The molecule has 0 aliphatic carbocycles. The summed E-state index contributed by atoms with van der Waals surface area (Å²) in [6, 6.07) is 18.9. The molecule has 0 spiro atoms. The van der Waals surface area contributed by atoms with Crippen molar-refractivity contribution in [3.05, 3.63) is 71.8 Å². The lowest BCUT2D eigenvalue weighted by atomic mass is 10.0. The van der Waals surface area contributed by atoms with E-state index < -0.39 is 6.10 Å². The van der Waals surface area contributed by atoms with Crippen molar-refractivity contribution in [2.75, 3.05) is 7.05 Å². The van der Waals surface area contributed by atoms with E-state index in [0.29, 0.717) is 13.0 Å². The van der Waals surface area contributed by atoms with Crippen molar-refractivity contribution < 1.29 is 14.7 Å².